The number of fused-ring (bicyclic) bond motifs is 1. The summed E-state index contributed by atoms with van der Waals surface area (Å²) < 4.78 is 11.0. The van der Waals surface area contributed by atoms with E-state index in [0.29, 0.717) is 16.5 Å². The summed E-state index contributed by atoms with van der Waals surface area (Å²) in [6, 6.07) is 6.65. The molecule has 11 heteroatoms. The van der Waals surface area contributed by atoms with Crippen molar-refractivity contribution in [3.8, 4) is 0 Å². The monoisotopic (exact) mass is 444 g/mol. The minimum absolute atomic E-state index is 0.0696. The Morgan fingerprint density at radius 2 is 1.77 bits per heavy atom. The fourth-order valence-corrected chi connectivity index (χ4v) is 3.98. The van der Waals surface area contributed by atoms with Crippen molar-refractivity contribution in [2.24, 2.45) is 0 Å². The van der Waals surface area contributed by atoms with E-state index in [1.54, 1.807) is 45.0 Å². The first-order valence-corrected chi connectivity index (χ1v) is 10.3. The second kappa shape index (κ2) is 9.47. The third-order valence-corrected chi connectivity index (χ3v) is 5.45. The maximum absolute atomic E-state index is 12.6. The van der Waals surface area contributed by atoms with Crippen molar-refractivity contribution in [1.29, 1.82) is 0 Å². The quantitative estimate of drug-likeness (QED) is 0.549. The normalized spacial score (nSPS) is 10.7. The Morgan fingerprint density at radius 1 is 1.10 bits per heavy atom. The number of carbonyl (C=O) groups is 3. The minimum atomic E-state index is -0.676. The van der Waals surface area contributed by atoms with Crippen LogP contribution in [0.25, 0.3) is 10.9 Å². The summed E-state index contributed by atoms with van der Waals surface area (Å²) in [7, 11) is 0. The molecule has 1 amide bonds. The van der Waals surface area contributed by atoms with Crippen molar-refractivity contribution in [3.05, 3.63) is 50.6 Å². The van der Waals surface area contributed by atoms with Gasteiger partial charge in [0.05, 0.1) is 24.2 Å². The highest BCUT2D eigenvalue weighted by Gasteiger charge is 2.27. The van der Waals surface area contributed by atoms with E-state index in [0.717, 1.165) is 16.0 Å². The number of amides is 1. The number of benzene rings is 1. The Bertz CT molecular complexity index is 1220. The zero-order chi connectivity index (χ0) is 22.5. The Morgan fingerprint density at radius 3 is 2.48 bits per heavy atom. The third-order valence-electron chi connectivity index (χ3n) is 4.26. The van der Waals surface area contributed by atoms with Crippen LogP contribution in [0.15, 0.2) is 29.1 Å². The van der Waals surface area contributed by atoms with E-state index in [2.05, 4.69) is 15.6 Å². The maximum Gasteiger partial charge on any atom is 0.348 e. The molecule has 0 atom stereocenters. The molecule has 2 heterocycles. The molecule has 0 aliphatic carbocycles. The molecule has 2 aromatic heterocycles. The molecule has 0 saturated carbocycles. The average Bonchev–Trinajstić information content (AvgIpc) is 3.06. The van der Waals surface area contributed by atoms with E-state index in [1.807, 2.05) is 0 Å². The van der Waals surface area contributed by atoms with Crippen LogP contribution in [0.5, 0.6) is 0 Å². The Kier molecular flexibility index (Phi) is 6.75. The van der Waals surface area contributed by atoms with Gasteiger partial charge in [-0.05, 0) is 38.5 Å². The summed E-state index contributed by atoms with van der Waals surface area (Å²) in [5.74, 6) is -1.90. The molecule has 0 spiro atoms. The highest BCUT2D eigenvalue weighted by molar-refractivity contribution is 7.18. The molecular weight excluding hydrogens is 424 g/mol. The van der Waals surface area contributed by atoms with Crippen LogP contribution >= 0.6 is 11.3 Å². The minimum Gasteiger partial charge on any atom is -0.462 e. The molecule has 0 bridgehead atoms. The molecule has 0 fully saturated rings. The van der Waals surface area contributed by atoms with Gasteiger partial charge in [0.25, 0.3) is 5.56 Å². The molecule has 1 aromatic carbocycles. The number of hydrogen-bond donors (Lipinski definition) is 1. The van der Waals surface area contributed by atoms with Crippen LogP contribution in [0.4, 0.5) is 5.00 Å². The second-order valence-electron chi connectivity index (χ2n) is 6.32. The van der Waals surface area contributed by atoms with Gasteiger partial charge in [-0.3, -0.25) is 9.59 Å². The van der Waals surface area contributed by atoms with E-state index in [1.165, 1.54) is 0 Å². The van der Waals surface area contributed by atoms with Gasteiger partial charge in [0.15, 0.2) is 0 Å². The number of rotatable bonds is 7. The van der Waals surface area contributed by atoms with Crippen molar-refractivity contribution in [2.45, 2.75) is 27.3 Å². The molecule has 3 rings (SSSR count). The van der Waals surface area contributed by atoms with Gasteiger partial charge in [-0.2, -0.15) is 0 Å². The lowest BCUT2D eigenvalue weighted by molar-refractivity contribution is -0.117. The first-order chi connectivity index (χ1) is 14.9. The number of anilines is 1. The lowest BCUT2D eigenvalue weighted by atomic mass is 10.1. The molecule has 0 aliphatic heterocycles. The van der Waals surface area contributed by atoms with Crippen LogP contribution in [0.3, 0.4) is 0 Å². The molecular formula is C20H20N4O6S. The van der Waals surface area contributed by atoms with E-state index in [-0.39, 0.29) is 28.7 Å². The highest BCUT2D eigenvalue weighted by Crippen LogP contribution is 2.34. The zero-order valence-electron chi connectivity index (χ0n) is 17.1. The summed E-state index contributed by atoms with van der Waals surface area (Å²) in [4.78, 5) is 50.0. The average molecular weight is 444 g/mol. The van der Waals surface area contributed by atoms with Crippen molar-refractivity contribution in [1.82, 2.24) is 15.0 Å². The fraction of sp³-hybridized carbons (Fsp3) is 0.300. The molecule has 31 heavy (non-hydrogen) atoms. The van der Waals surface area contributed by atoms with Crippen LogP contribution in [-0.2, 0) is 20.8 Å². The molecule has 0 saturated heterocycles. The molecule has 0 aliphatic rings. The van der Waals surface area contributed by atoms with Gasteiger partial charge >= 0.3 is 11.9 Å². The molecule has 1 N–H and O–H groups in total. The van der Waals surface area contributed by atoms with Gasteiger partial charge in [-0.25, -0.2) is 14.3 Å². The first-order valence-electron chi connectivity index (χ1n) is 9.47. The lowest BCUT2D eigenvalue weighted by Gasteiger charge is -2.08. The van der Waals surface area contributed by atoms with Crippen molar-refractivity contribution in [2.75, 3.05) is 18.5 Å². The number of nitrogens with one attached hydrogen (secondary N) is 1. The predicted octanol–water partition coefficient (Wildman–Crippen LogP) is 2.15. The highest BCUT2D eigenvalue weighted by atomic mass is 32.1. The Balaban J connectivity index is 1.90. The summed E-state index contributed by atoms with van der Waals surface area (Å²) in [6.07, 6.45) is 0. The van der Waals surface area contributed by atoms with Crippen molar-refractivity contribution >= 4 is 45.1 Å². The van der Waals surface area contributed by atoms with E-state index < -0.39 is 29.9 Å². The lowest BCUT2D eigenvalue weighted by Crippen LogP contribution is -2.30. The molecule has 10 nitrogen and oxygen atoms in total. The van der Waals surface area contributed by atoms with Crippen molar-refractivity contribution in [3.63, 3.8) is 0 Å². The number of ether oxygens (including phenoxy) is 2. The van der Waals surface area contributed by atoms with E-state index in [9.17, 15) is 19.2 Å². The number of esters is 2. The Labute approximate surface area is 180 Å². The number of nitrogens with zero attached hydrogens (tertiary/aromatic N) is 3. The van der Waals surface area contributed by atoms with Crippen LogP contribution in [0.2, 0.25) is 0 Å². The first kappa shape index (κ1) is 22.1. The second-order valence-corrected chi connectivity index (χ2v) is 7.34. The summed E-state index contributed by atoms with van der Waals surface area (Å²) in [5.41, 5.74) is 0.364. The smallest absolute Gasteiger partial charge is 0.348 e. The Hall–Kier alpha value is -3.60. The van der Waals surface area contributed by atoms with Gasteiger partial charge in [-0.1, -0.05) is 17.3 Å². The predicted molar refractivity (Wildman–Crippen MR) is 113 cm³/mol. The molecule has 0 radical (unpaired) electrons. The number of aromatic nitrogens is 3. The maximum atomic E-state index is 12.6. The standard InChI is InChI=1S/C20H20N4O6S/c1-4-29-19(27)15-11(3)16(20(28)30-5-2)31-17(15)21-14(25)10-24-18(26)12-8-6-7-9-13(12)22-23-24/h6-9H,4-5,10H2,1-3H3,(H,21,25). The van der Waals surface area contributed by atoms with Crippen LogP contribution in [0, 0.1) is 6.92 Å². The third kappa shape index (κ3) is 4.61. The summed E-state index contributed by atoms with van der Waals surface area (Å²) in [6.45, 7) is 4.75. The molecule has 0 unspecified atom stereocenters. The fourth-order valence-electron chi connectivity index (χ4n) is 2.87. The SMILES string of the molecule is CCOC(=O)c1sc(NC(=O)Cn2nnc3ccccc3c2=O)c(C(=O)OCC)c1C. The van der Waals surface area contributed by atoms with Crippen LogP contribution in [-0.4, -0.2) is 46.1 Å². The number of hydrogen-bond acceptors (Lipinski definition) is 9. The van der Waals surface area contributed by atoms with Crippen LogP contribution < -0.4 is 10.9 Å². The zero-order valence-corrected chi connectivity index (χ0v) is 17.9. The van der Waals surface area contributed by atoms with Crippen LogP contribution in [0.1, 0.15) is 39.4 Å². The molecule has 162 valence electrons. The molecule has 3 aromatic rings. The van der Waals surface area contributed by atoms with Gasteiger partial charge in [0.1, 0.15) is 21.9 Å². The largest absolute Gasteiger partial charge is 0.462 e. The summed E-state index contributed by atoms with van der Waals surface area (Å²) in [5, 5.41) is 10.7. The topological polar surface area (TPSA) is 129 Å². The van der Waals surface area contributed by atoms with Gasteiger partial charge in [0.2, 0.25) is 5.91 Å². The number of thiophene rings is 1. The number of carbonyl (C=O) groups excluding carboxylic acids is 3. The van der Waals surface area contributed by atoms with E-state index in [4.69, 9.17) is 9.47 Å². The van der Waals surface area contributed by atoms with Gasteiger partial charge < -0.3 is 14.8 Å². The van der Waals surface area contributed by atoms with Gasteiger partial charge in [-0.15, -0.1) is 16.4 Å². The van der Waals surface area contributed by atoms with E-state index >= 15 is 0 Å². The van der Waals surface area contributed by atoms with Crippen molar-refractivity contribution < 1.29 is 23.9 Å². The van der Waals surface area contributed by atoms with Gasteiger partial charge in [0, 0.05) is 0 Å². The summed E-state index contributed by atoms with van der Waals surface area (Å²) >= 11 is 0.903.